The molecule has 1 aromatic carbocycles. The molecule has 0 atom stereocenters. The zero-order valence-electron chi connectivity index (χ0n) is 18.7. The number of carbonyl (C=O) groups excluding carboxylic acids is 1. The van der Waals surface area contributed by atoms with Crippen LogP contribution in [0.25, 0.3) is 11.4 Å². The van der Waals surface area contributed by atoms with Gasteiger partial charge in [-0.15, -0.1) is 0 Å². The Morgan fingerprint density at radius 2 is 1.69 bits per heavy atom. The second-order valence-corrected chi connectivity index (χ2v) is 9.27. The molecule has 156 valence electrons. The Morgan fingerprint density at radius 1 is 1.00 bits per heavy atom. The van der Waals surface area contributed by atoms with Crippen molar-refractivity contribution in [3.05, 3.63) is 41.6 Å². The zero-order chi connectivity index (χ0) is 21.2. The van der Waals surface area contributed by atoms with Gasteiger partial charge in [0.15, 0.2) is 5.82 Å². The first-order chi connectivity index (χ1) is 13.7. The number of benzene rings is 1. The van der Waals surface area contributed by atoms with Gasteiger partial charge < -0.3 is 9.80 Å². The summed E-state index contributed by atoms with van der Waals surface area (Å²) in [4.78, 5) is 27.0. The van der Waals surface area contributed by atoms with Crippen LogP contribution < -0.4 is 4.90 Å². The van der Waals surface area contributed by atoms with Crippen LogP contribution in [-0.2, 0) is 4.79 Å². The van der Waals surface area contributed by atoms with E-state index < -0.39 is 0 Å². The van der Waals surface area contributed by atoms with Crippen molar-refractivity contribution in [3.63, 3.8) is 0 Å². The smallest absolute Gasteiger partial charge is 0.228 e. The van der Waals surface area contributed by atoms with Gasteiger partial charge in [-0.25, -0.2) is 9.97 Å². The third-order valence-corrected chi connectivity index (χ3v) is 5.45. The van der Waals surface area contributed by atoms with E-state index in [0.717, 1.165) is 55.5 Å². The minimum absolute atomic E-state index is 0.229. The van der Waals surface area contributed by atoms with Crippen LogP contribution in [0.3, 0.4) is 0 Å². The molecule has 0 bridgehead atoms. The van der Waals surface area contributed by atoms with Gasteiger partial charge in [0, 0.05) is 48.4 Å². The van der Waals surface area contributed by atoms with Gasteiger partial charge in [0.2, 0.25) is 5.91 Å². The number of hydrogen-bond donors (Lipinski definition) is 0. The lowest BCUT2D eigenvalue weighted by atomic mass is 9.94. The van der Waals surface area contributed by atoms with E-state index in [9.17, 15) is 4.79 Å². The van der Waals surface area contributed by atoms with E-state index in [1.807, 2.05) is 43.9 Å². The number of hydrogen-bond acceptors (Lipinski definition) is 4. The van der Waals surface area contributed by atoms with Crippen LogP contribution in [0, 0.1) is 12.3 Å². The van der Waals surface area contributed by atoms with Crippen molar-refractivity contribution < 1.29 is 4.79 Å². The fourth-order valence-corrected chi connectivity index (χ4v) is 4.01. The first kappa shape index (κ1) is 21.3. The molecule has 1 fully saturated rings. The molecule has 0 N–H and O–H groups in total. The molecule has 0 spiro atoms. The lowest BCUT2D eigenvalue weighted by Gasteiger charge is -2.29. The van der Waals surface area contributed by atoms with Crippen LogP contribution in [0.5, 0.6) is 0 Å². The highest BCUT2D eigenvalue weighted by molar-refractivity contribution is 5.81. The largest absolute Gasteiger partial charge is 0.354 e. The molecule has 1 aromatic heterocycles. The highest BCUT2D eigenvalue weighted by atomic mass is 16.2. The third-order valence-electron chi connectivity index (χ3n) is 5.45. The topological polar surface area (TPSA) is 49.3 Å². The Morgan fingerprint density at radius 3 is 2.31 bits per heavy atom. The van der Waals surface area contributed by atoms with Crippen LogP contribution in [0.15, 0.2) is 30.3 Å². The quantitative estimate of drug-likeness (QED) is 0.760. The lowest BCUT2D eigenvalue weighted by Crippen LogP contribution is -2.41. The van der Waals surface area contributed by atoms with Crippen molar-refractivity contribution in [1.82, 2.24) is 14.9 Å². The Labute approximate surface area is 175 Å². The predicted octanol–water partition coefficient (Wildman–Crippen LogP) is 4.66. The van der Waals surface area contributed by atoms with E-state index >= 15 is 0 Å². The van der Waals surface area contributed by atoms with Crippen molar-refractivity contribution in [2.45, 2.75) is 53.9 Å². The van der Waals surface area contributed by atoms with Crippen molar-refractivity contribution in [2.24, 2.45) is 5.41 Å². The molecule has 1 aliphatic rings. The molecular weight excluding hydrogens is 360 g/mol. The van der Waals surface area contributed by atoms with Gasteiger partial charge in [0.1, 0.15) is 5.82 Å². The third kappa shape index (κ3) is 4.77. The molecule has 5 nitrogen and oxygen atoms in total. The maximum absolute atomic E-state index is 12.8. The normalized spacial score (nSPS) is 15.6. The van der Waals surface area contributed by atoms with Crippen molar-refractivity contribution in [3.8, 4) is 11.4 Å². The summed E-state index contributed by atoms with van der Waals surface area (Å²) in [5.74, 6) is 2.36. The number of rotatable bonds is 3. The maximum Gasteiger partial charge on any atom is 0.228 e. The van der Waals surface area contributed by atoms with Gasteiger partial charge in [-0.1, -0.05) is 65.0 Å². The predicted molar refractivity (Wildman–Crippen MR) is 119 cm³/mol. The van der Waals surface area contributed by atoms with Crippen LogP contribution in [0.4, 0.5) is 5.82 Å². The van der Waals surface area contributed by atoms with Gasteiger partial charge in [-0.3, -0.25) is 4.79 Å². The average Bonchev–Trinajstić information content (AvgIpc) is 2.92. The SMILES string of the molecule is Cc1nc(-c2ccccc2)nc(N2CCCN(C(=O)C(C)(C)C)CC2)c1C(C)C. The molecule has 2 aromatic rings. The molecule has 1 amide bonds. The van der Waals surface area contributed by atoms with Crippen molar-refractivity contribution in [1.29, 1.82) is 0 Å². The maximum atomic E-state index is 12.8. The molecule has 0 saturated carbocycles. The highest BCUT2D eigenvalue weighted by Crippen LogP contribution is 2.31. The van der Waals surface area contributed by atoms with Crippen LogP contribution in [0.2, 0.25) is 0 Å². The molecule has 29 heavy (non-hydrogen) atoms. The summed E-state index contributed by atoms with van der Waals surface area (Å²) in [5.41, 5.74) is 2.94. The number of aromatic nitrogens is 2. The minimum atomic E-state index is -0.343. The van der Waals surface area contributed by atoms with E-state index in [1.54, 1.807) is 0 Å². The summed E-state index contributed by atoms with van der Waals surface area (Å²) < 4.78 is 0. The lowest BCUT2D eigenvalue weighted by molar-refractivity contribution is -0.139. The standard InChI is InChI=1S/C24H34N4O/c1-17(2)20-18(3)25-21(19-11-8-7-9-12-19)26-22(20)27-13-10-14-28(16-15-27)23(29)24(4,5)6/h7-9,11-12,17H,10,13-16H2,1-6H3. The summed E-state index contributed by atoms with van der Waals surface area (Å²) in [7, 11) is 0. The fraction of sp³-hybridized carbons (Fsp3) is 0.542. The van der Waals surface area contributed by atoms with E-state index in [4.69, 9.17) is 9.97 Å². The minimum Gasteiger partial charge on any atom is -0.354 e. The van der Waals surface area contributed by atoms with E-state index in [1.165, 1.54) is 5.56 Å². The number of nitrogens with zero attached hydrogens (tertiary/aromatic N) is 4. The summed E-state index contributed by atoms with van der Waals surface area (Å²) in [6.45, 7) is 15.7. The molecule has 0 unspecified atom stereocenters. The molecule has 0 radical (unpaired) electrons. The monoisotopic (exact) mass is 394 g/mol. The van der Waals surface area contributed by atoms with Crippen LogP contribution >= 0.6 is 0 Å². The second kappa shape index (κ2) is 8.52. The van der Waals surface area contributed by atoms with Crippen molar-refractivity contribution in [2.75, 3.05) is 31.1 Å². The highest BCUT2D eigenvalue weighted by Gasteiger charge is 2.30. The first-order valence-electron chi connectivity index (χ1n) is 10.7. The van der Waals surface area contributed by atoms with E-state index in [2.05, 4.69) is 37.8 Å². The first-order valence-corrected chi connectivity index (χ1v) is 10.7. The molecule has 1 saturated heterocycles. The Bertz CT molecular complexity index is 855. The molecular formula is C24H34N4O. The molecule has 1 aliphatic heterocycles. The molecule has 0 aliphatic carbocycles. The van der Waals surface area contributed by atoms with Gasteiger partial charge in [-0.2, -0.15) is 0 Å². The summed E-state index contributed by atoms with van der Waals surface area (Å²) >= 11 is 0. The van der Waals surface area contributed by atoms with Gasteiger partial charge in [-0.05, 0) is 19.3 Å². The van der Waals surface area contributed by atoms with E-state index in [0.29, 0.717) is 5.92 Å². The van der Waals surface area contributed by atoms with Crippen molar-refractivity contribution >= 4 is 11.7 Å². The molecule has 2 heterocycles. The Kier molecular flexibility index (Phi) is 6.25. The van der Waals surface area contributed by atoms with E-state index in [-0.39, 0.29) is 11.3 Å². The number of carbonyl (C=O) groups is 1. The van der Waals surface area contributed by atoms with Gasteiger partial charge in [0.05, 0.1) is 0 Å². The zero-order valence-corrected chi connectivity index (χ0v) is 18.7. The summed E-state index contributed by atoms with van der Waals surface area (Å²) in [5, 5.41) is 0. The number of anilines is 1. The van der Waals surface area contributed by atoms with Crippen LogP contribution in [-0.4, -0.2) is 47.0 Å². The Balaban J connectivity index is 1.94. The Hall–Kier alpha value is -2.43. The fourth-order valence-electron chi connectivity index (χ4n) is 4.01. The number of aryl methyl sites for hydroxylation is 1. The number of amides is 1. The summed E-state index contributed by atoms with van der Waals surface area (Å²) in [6.07, 6.45) is 0.947. The van der Waals surface area contributed by atoms with Crippen LogP contribution in [0.1, 0.15) is 58.2 Å². The molecule has 3 rings (SSSR count). The molecule has 5 heteroatoms. The van der Waals surface area contributed by atoms with Gasteiger partial charge >= 0.3 is 0 Å². The van der Waals surface area contributed by atoms with Gasteiger partial charge in [0.25, 0.3) is 0 Å². The second-order valence-electron chi connectivity index (χ2n) is 9.27. The average molecular weight is 395 g/mol. The summed E-state index contributed by atoms with van der Waals surface area (Å²) in [6, 6.07) is 10.2.